The average molecular weight is 598 g/mol. The van der Waals surface area contributed by atoms with Crippen LogP contribution in [-0.4, -0.2) is 59.1 Å². The van der Waals surface area contributed by atoms with Crippen LogP contribution in [0.3, 0.4) is 0 Å². The summed E-state index contributed by atoms with van der Waals surface area (Å²) in [6, 6.07) is 9.78. The second-order valence-corrected chi connectivity index (χ2v) is 11.3. The van der Waals surface area contributed by atoms with Crippen molar-refractivity contribution in [1.29, 1.82) is 0 Å². The Kier molecular flexibility index (Phi) is 9.30. The Morgan fingerprint density at radius 2 is 1.63 bits per heavy atom. The number of carbonyl (C=O) groups is 1. The number of aromatic nitrogens is 2. The summed E-state index contributed by atoms with van der Waals surface area (Å²) in [5, 5.41) is 10.4. The topological polar surface area (TPSA) is 108 Å². The molecular formula is C31H34F3N5O4. The lowest BCUT2D eigenvalue weighted by atomic mass is 9.79. The molecule has 1 saturated heterocycles. The molecule has 0 radical (unpaired) electrons. The van der Waals surface area contributed by atoms with Gasteiger partial charge in [0, 0.05) is 49.0 Å². The maximum absolute atomic E-state index is 14.9. The highest BCUT2D eigenvalue weighted by Gasteiger charge is 2.35. The Labute approximate surface area is 247 Å². The third kappa shape index (κ3) is 6.59. The Bertz CT molecular complexity index is 1550. The van der Waals surface area contributed by atoms with Gasteiger partial charge in [0.15, 0.2) is 17.5 Å². The fourth-order valence-electron chi connectivity index (χ4n) is 5.48. The van der Waals surface area contributed by atoms with Gasteiger partial charge in [0.1, 0.15) is 11.4 Å². The van der Waals surface area contributed by atoms with Crippen molar-refractivity contribution in [2.75, 3.05) is 36.4 Å². The van der Waals surface area contributed by atoms with E-state index in [1.807, 2.05) is 58.9 Å². The van der Waals surface area contributed by atoms with Crippen molar-refractivity contribution in [1.82, 2.24) is 15.1 Å². The summed E-state index contributed by atoms with van der Waals surface area (Å²) in [7, 11) is 0. The SMILES string of the molecule is CCC1=C(c2c(F)ccc(F)c2F)Nc2n[nH]c(C)c2C1c1ccc(N2CCN(C(=O)OC(C)(C)C)CC2)cc1.O=C=O. The number of rotatable bonds is 4. The van der Waals surface area contributed by atoms with Gasteiger partial charge in [-0.1, -0.05) is 19.1 Å². The first kappa shape index (κ1) is 31.4. The van der Waals surface area contributed by atoms with Crippen LogP contribution < -0.4 is 10.2 Å². The zero-order chi connectivity index (χ0) is 31.5. The van der Waals surface area contributed by atoms with Gasteiger partial charge in [-0.3, -0.25) is 5.10 Å². The molecule has 0 aliphatic carbocycles. The van der Waals surface area contributed by atoms with Gasteiger partial charge in [-0.2, -0.15) is 14.7 Å². The molecule has 9 nitrogen and oxygen atoms in total. The fourth-order valence-corrected chi connectivity index (χ4v) is 5.48. The van der Waals surface area contributed by atoms with E-state index in [4.69, 9.17) is 14.3 Å². The molecule has 2 N–H and O–H groups in total. The molecule has 1 fully saturated rings. The van der Waals surface area contributed by atoms with Crippen LogP contribution >= 0.6 is 0 Å². The van der Waals surface area contributed by atoms with Gasteiger partial charge >= 0.3 is 12.2 Å². The number of hydrogen-bond acceptors (Lipinski definition) is 7. The number of H-pyrrole nitrogens is 1. The summed E-state index contributed by atoms with van der Waals surface area (Å²) in [4.78, 5) is 32.6. The molecule has 2 aliphatic heterocycles. The number of hydrogen-bond donors (Lipinski definition) is 2. The molecule has 43 heavy (non-hydrogen) atoms. The highest BCUT2D eigenvalue weighted by Crippen LogP contribution is 2.47. The first-order valence-electron chi connectivity index (χ1n) is 13.9. The van der Waals surface area contributed by atoms with Crippen molar-refractivity contribution in [3.05, 3.63) is 81.8 Å². The monoisotopic (exact) mass is 597 g/mol. The molecule has 1 amide bonds. The molecule has 1 unspecified atom stereocenters. The van der Waals surface area contributed by atoms with E-state index in [0.717, 1.165) is 40.2 Å². The van der Waals surface area contributed by atoms with Crippen LogP contribution in [0.1, 0.15) is 62.4 Å². The summed E-state index contributed by atoms with van der Waals surface area (Å²) in [5.74, 6) is -3.07. The van der Waals surface area contributed by atoms with E-state index >= 15 is 0 Å². The minimum absolute atomic E-state index is 0.198. The van der Waals surface area contributed by atoms with Crippen molar-refractivity contribution in [3.63, 3.8) is 0 Å². The largest absolute Gasteiger partial charge is 0.444 e. The number of halogens is 3. The normalized spacial score (nSPS) is 16.5. The number of fused-ring (bicyclic) bond motifs is 1. The third-order valence-electron chi connectivity index (χ3n) is 7.39. The van der Waals surface area contributed by atoms with Crippen LogP contribution in [0.4, 0.5) is 29.5 Å². The van der Waals surface area contributed by atoms with Crippen molar-refractivity contribution >= 4 is 29.4 Å². The number of nitrogens with one attached hydrogen (secondary N) is 2. The third-order valence-corrected chi connectivity index (χ3v) is 7.39. The molecule has 1 aromatic heterocycles. The van der Waals surface area contributed by atoms with E-state index in [0.29, 0.717) is 38.4 Å². The Morgan fingerprint density at radius 3 is 2.21 bits per heavy atom. The first-order chi connectivity index (χ1) is 20.4. The molecule has 12 heteroatoms. The smallest absolute Gasteiger partial charge is 0.410 e. The zero-order valence-electron chi connectivity index (χ0n) is 24.7. The van der Waals surface area contributed by atoms with Gasteiger partial charge in [0.25, 0.3) is 0 Å². The van der Waals surface area contributed by atoms with Gasteiger partial charge in [-0.25, -0.2) is 18.0 Å². The molecule has 2 aliphatic rings. The van der Waals surface area contributed by atoms with Gasteiger partial charge in [-0.15, -0.1) is 0 Å². The number of amides is 1. The second-order valence-electron chi connectivity index (χ2n) is 11.3. The number of nitrogens with zero attached hydrogens (tertiary/aromatic N) is 3. The zero-order valence-corrected chi connectivity index (χ0v) is 24.7. The highest BCUT2D eigenvalue weighted by molar-refractivity contribution is 5.85. The number of piperazine rings is 1. The molecule has 3 heterocycles. The minimum Gasteiger partial charge on any atom is -0.444 e. The number of carbonyl (C=O) groups excluding carboxylic acids is 3. The molecule has 3 aromatic rings. The van der Waals surface area contributed by atoms with Crippen molar-refractivity contribution in [2.45, 2.75) is 52.6 Å². The number of anilines is 2. The summed E-state index contributed by atoms with van der Waals surface area (Å²) < 4.78 is 49.5. The number of allylic oxidation sites excluding steroid dienone is 1. The Balaban J connectivity index is 0.00000135. The lowest BCUT2D eigenvalue weighted by Gasteiger charge is -2.37. The van der Waals surface area contributed by atoms with Crippen molar-refractivity contribution in [3.8, 4) is 0 Å². The molecule has 1 atom stereocenters. The molecule has 0 saturated carbocycles. The van der Waals surface area contributed by atoms with E-state index < -0.39 is 28.6 Å². The van der Waals surface area contributed by atoms with Crippen LogP contribution in [0.25, 0.3) is 5.70 Å². The maximum atomic E-state index is 14.9. The van der Waals surface area contributed by atoms with Crippen LogP contribution in [0.15, 0.2) is 42.0 Å². The molecular weight excluding hydrogens is 563 g/mol. The summed E-state index contributed by atoms with van der Waals surface area (Å²) >= 11 is 0. The van der Waals surface area contributed by atoms with Crippen molar-refractivity contribution in [2.24, 2.45) is 0 Å². The van der Waals surface area contributed by atoms with E-state index in [1.165, 1.54) is 0 Å². The summed E-state index contributed by atoms with van der Waals surface area (Å²) in [5.41, 5.74) is 3.63. The van der Waals surface area contributed by atoms with E-state index in [-0.39, 0.29) is 23.9 Å². The fraction of sp³-hybridized carbons (Fsp3) is 0.387. The van der Waals surface area contributed by atoms with Crippen LogP contribution in [0.2, 0.25) is 0 Å². The van der Waals surface area contributed by atoms with Gasteiger partial charge in [0.05, 0.1) is 11.3 Å². The van der Waals surface area contributed by atoms with E-state index in [2.05, 4.69) is 20.4 Å². The molecule has 5 rings (SSSR count). The van der Waals surface area contributed by atoms with Crippen LogP contribution in [0, 0.1) is 24.4 Å². The first-order valence-corrected chi connectivity index (χ1v) is 13.9. The number of benzene rings is 2. The van der Waals surface area contributed by atoms with Gasteiger partial charge in [0.2, 0.25) is 0 Å². The molecule has 2 aromatic carbocycles. The summed E-state index contributed by atoms with van der Waals surface area (Å²) in [6.45, 7) is 11.8. The lowest BCUT2D eigenvalue weighted by Crippen LogP contribution is -2.50. The highest BCUT2D eigenvalue weighted by atomic mass is 19.2. The summed E-state index contributed by atoms with van der Waals surface area (Å²) in [6.07, 6.45) is 0.418. The molecule has 228 valence electrons. The number of ether oxygens (including phenoxy) is 1. The number of aryl methyl sites for hydroxylation is 1. The number of aromatic amines is 1. The van der Waals surface area contributed by atoms with Gasteiger partial charge < -0.3 is 19.9 Å². The lowest BCUT2D eigenvalue weighted by molar-refractivity contribution is -0.191. The molecule has 0 spiro atoms. The Hall–Kier alpha value is -4.57. The van der Waals surface area contributed by atoms with E-state index in [9.17, 15) is 18.0 Å². The maximum Gasteiger partial charge on any atom is 0.410 e. The average Bonchev–Trinajstić information content (AvgIpc) is 3.34. The minimum atomic E-state index is -1.23. The van der Waals surface area contributed by atoms with Crippen molar-refractivity contribution < 1.29 is 32.3 Å². The van der Waals surface area contributed by atoms with E-state index in [1.54, 1.807) is 4.90 Å². The standard InChI is InChI=1S/C30H34F3N5O2.CO2/c1-6-20-24(23-17(2)35-36-28(23)34-27(20)25-21(31)11-12-22(32)26(25)33)18-7-9-19(10-8-18)37-13-15-38(16-14-37)29(39)40-30(3,4)5;2-1-3/h7-12,24H,6,13-16H2,1-5H3,(H2,34,35,36);. The Morgan fingerprint density at radius 1 is 1.02 bits per heavy atom. The van der Waals surface area contributed by atoms with Crippen LogP contribution in [0.5, 0.6) is 0 Å². The predicted molar refractivity (Wildman–Crippen MR) is 154 cm³/mol. The van der Waals surface area contributed by atoms with Crippen LogP contribution in [-0.2, 0) is 14.3 Å². The molecule has 0 bridgehead atoms. The second kappa shape index (κ2) is 12.7. The quantitative estimate of drug-likeness (QED) is 0.356. The predicted octanol–water partition coefficient (Wildman–Crippen LogP) is 5.99. The van der Waals surface area contributed by atoms with Gasteiger partial charge in [-0.05, 0) is 69.5 Å².